The van der Waals surface area contributed by atoms with E-state index in [0.29, 0.717) is 18.5 Å². The lowest BCUT2D eigenvalue weighted by molar-refractivity contribution is -0.113. The standard InChI is InChI=1S/C10H11NO2/c1-8(13)9-3-2-4-10(6-5-9)11-7-12/h2,4-7H,3H2,1H3,(H,11,12). The second kappa shape index (κ2) is 4.40. The Morgan fingerprint density at radius 1 is 1.54 bits per heavy atom. The monoisotopic (exact) mass is 177 g/mol. The van der Waals surface area contributed by atoms with Crippen molar-refractivity contribution in [3.63, 3.8) is 0 Å². The number of ketones is 1. The first-order valence-electron chi connectivity index (χ1n) is 4.02. The molecule has 1 rings (SSSR count). The molecule has 68 valence electrons. The van der Waals surface area contributed by atoms with Crippen molar-refractivity contribution in [3.8, 4) is 0 Å². The second-order valence-electron chi connectivity index (χ2n) is 2.74. The summed E-state index contributed by atoms with van der Waals surface area (Å²) in [6.07, 6.45) is 8.31. The average molecular weight is 177 g/mol. The van der Waals surface area contributed by atoms with Crippen molar-refractivity contribution in [2.45, 2.75) is 13.3 Å². The largest absolute Gasteiger partial charge is 0.329 e. The Balaban J connectivity index is 2.82. The van der Waals surface area contributed by atoms with E-state index >= 15 is 0 Å². The number of Topliss-reactive ketones (excluding diaryl/α,β-unsaturated/α-hetero) is 1. The van der Waals surface area contributed by atoms with Crippen LogP contribution in [0.2, 0.25) is 0 Å². The minimum atomic E-state index is 0.0632. The molecule has 0 unspecified atom stereocenters. The van der Waals surface area contributed by atoms with E-state index in [0.717, 1.165) is 5.57 Å². The number of hydrogen-bond acceptors (Lipinski definition) is 2. The van der Waals surface area contributed by atoms with E-state index in [1.807, 2.05) is 6.08 Å². The van der Waals surface area contributed by atoms with Gasteiger partial charge in [0.15, 0.2) is 5.78 Å². The van der Waals surface area contributed by atoms with Crippen LogP contribution in [-0.4, -0.2) is 12.2 Å². The summed E-state index contributed by atoms with van der Waals surface area (Å²) in [5.41, 5.74) is 1.45. The second-order valence-corrected chi connectivity index (χ2v) is 2.74. The van der Waals surface area contributed by atoms with Crippen LogP contribution in [0.25, 0.3) is 0 Å². The quantitative estimate of drug-likeness (QED) is 0.656. The fourth-order valence-corrected chi connectivity index (χ4v) is 1.05. The predicted molar refractivity (Wildman–Crippen MR) is 49.8 cm³/mol. The highest BCUT2D eigenvalue weighted by molar-refractivity contribution is 5.94. The lowest BCUT2D eigenvalue weighted by atomic mass is 10.1. The van der Waals surface area contributed by atoms with Crippen molar-refractivity contribution < 1.29 is 9.59 Å². The Labute approximate surface area is 76.8 Å². The van der Waals surface area contributed by atoms with Gasteiger partial charge in [0.2, 0.25) is 6.41 Å². The Morgan fingerprint density at radius 3 is 2.92 bits per heavy atom. The van der Waals surface area contributed by atoms with E-state index in [1.54, 1.807) is 18.2 Å². The molecule has 0 aromatic rings. The van der Waals surface area contributed by atoms with E-state index in [4.69, 9.17) is 0 Å². The number of hydrogen-bond donors (Lipinski definition) is 1. The topological polar surface area (TPSA) is 46.2 Å². The molecule has 3 heteroatoms. The van der Waals surface area contributed by atoms with Gasteiger partial charge in [-0.15, -0.1) is 0 Å². The molecule has 1 N–H and O–H groups in total. The molecule has 0 atom stereocenters. The van der Waals surface area contributed by atoms with Gasteiger partial charge in [-0.25, -0.2) is 0 Å². The van der Waals surface area contributed by atoms with Crippen molar-refractivity contribution in [3.05, 3.63) is 35.6 Å². The SMILES string of the molecule is CC(=O)C1=CC=C(NC=O)C=CC1. The minimum absolute atomic E-state index is 0.0632. The number of allylic oxidation sites excluding steroid dienone is 5. The van der Waals surface area contributed by atoms with Gasteiger partial charge < -0.3 is 5.32 Å². The van der Waals surface area contributed by atoms with Gasteiger partial charge in [0.05, 0.1) is 0 Å². The maximum Gasteiger partial charge on any atom is 0.211 e. The number of nitrogens with one attached hydrogen (secondary N) is 1. The molecule has 1 amide bonds. The van der Waals surface area contributed by atoms with Crippen LogP contribution in [0.5, 0.6) is 0 Å². The smallest absolute Gasteiger partial charge is 0.211 e. The van der Waals surface area contributed by atoms with Gasteiger partial charge >= 0.3 is 0 Å². The number of carbonyl (C=O) groups excluding carboxylic acids is 2. The summed E-state index contributed by atoms with van der Waals surface area (Å²) in [6, 6.07) is 0. The highest BCUT2D eigenvalue weighted by Gasteiger charge is 2.02. The Bertz CT molecular complexity index is 311. The highest BCUT2D eigenvalue weighted by Crippen LogP contribution is 2.10. The lowest BCUT2D eigenvalue weighted by Crippen LogP contribution is -2.07. The summed E-state index contributed by atoms with van der Waals surface area (Å²) in [7, 11) is 0. The van der Waals surface area contributed by atoms with E-state index in [9.17, 15) is 9.59 Å². The van der Waals surface area contributed by atoms with Crippen LogP contribution in [0.3, 0.4) is 0 Å². The lowest BCUT2D eigenvalue weighted by Gasteiger charge is -1.94. The fourth-order valence-electron chi connectivity index (χ4n) is 1.05. The maximum absolute atomic E-state index is 11.0. The molecule has 0 spiro atoms. The summed E-state index contributed by atoms with van der Waals surface area (Å²) >= 11 is 0. The van der Waals surface area contributed by atoms with E-state index < -0.39 is 0 Å². The molecule has 0 aromatic heterocycles. The van der Waals surface area contributed by atoms with Gasteiger partial charge in [0, 0.05) is 5.70 Å². The third kappa shape index (κ3) is 2.71. The van der Waals surface area contributed by atoms with Crippen molar-refractivity contribution in [2.75, 3.05) is 0 Å². The van der Waals surface area contributed by atoms with Gasteiger partial charge in [-0.3, -0.25) is 9.59 Å². The predicted octanol–water partition coefficient (Wildman–Crippen LogP) is 1.09. The molecule has 0 bridgehead atoms. The van der Waals surface area contributed by atoms with Crippen molar-refractivity contribution >= 4 is 12.2 Å². The number of rotatable bonds is 3. The van der Waals surface area contributed by atoms with Crippen molar-refractivity contribution in [1.29, 1.82) is 0 Å². The normalized spacial score (nSPS) is 15.5. The third-order valence-electron chi connectivity index (χ3n) is 1.78. The maximum atomic E-state index is 11.0. The highest BCUT2D eigenvalue weighted by atomic mass is 16.1. The van der Waals surface area contributed by atoms with E-state index in [2.05, 4.69) is 5.32 Å². The molecule has 0 fully saturated rings. The molecule has 0 saturated carbocycles. The summed E-state index contributed by atoms with van der Waals surface area (Å²) in [4.78, 5) is 21.1. The minimum Gasteiger partial charge on any atom is -0.329 e. The summed E-state index contributed by atoms with van der Waals surface area (Å²) in [6.45, 7) is 1.53. The summed E-state index contributed by atoms with van der Waals surface area (Å²) in [5.74, 6) is 0.0632. The molecule has 3 nitrogen and oxygen atoms in total. The molecular formula is C10H11NO2. The van der Waals surface area contributed by atoms with Gasteiger partial charge in [-0.05, 0) is 31.1 Å². The molecule has 1 aliphatic rings. The van der Waals surface area contributed by atoms with E-state index in [1.165, 1.54) is 6.92 Å². The fraction of sp³-hybridized carbons (Fsp3) is 0.200. The molecule has 0 heterocycles. The number of amides is 1. The van der Waals surface area contributed by atoms with Gasteiger partial charge in [0.1, 0.15) is 0 Å². The molecule has 0 aliphatic heterocycles. The zero-order valence-corrected chi connectivity index (χ0v) is 7.41. The summed E-state index contributed by atoms with van der Waals surface area (Å²) in [5, 5.41) is 2.52. The van der Waals surface area contributed by atoms with Crippen molar-refractivity contribution in [1.82, 2.24) is 5.32 Å². The first kappa shape index (κ1) is 9.45. The third-order valence-corrected chi connectivity index (χ3v) is 1.78. The molecule has 13 heavy (non-hydrogen) atoms. The zero-order chi connectivity index (χ0) is 9.68. The zero-order valence-electron chi connectivity index (χ0n) is 7.41. The first-order chi connectivity index (χ1) is 6.24. The van der Waals surface area contributed by atoms with Crippen LogP contribution >= 0.6 is 0 Å². The molecule has 1 aliphatic carbocycles. The molecule has 0 aromatic carbocycles. The van der Waals surface area contributed by atoms with Crippen LogP contribution in [0, 0.1) is 0 Å². The van der Waals surface area contributed by atoms with Crippen LogP contribution in [-0.2, 0) is 9.59 Å². The Morgan fingerprint density at radius 2 is 2.31 bits per heavy atom. The van der Waals surface area contributed by atoms with E-state index in [-0.39, 0.29) is 5.78 Å². The Hall–Kier alpha value is -1.64. The average Bonchev–Trinajstić information content (AvgIpc) is 2.30. The van der Waals surface area contributed by atoms with Gasteiger partial charge in [-0.1, -0.05) is 12.2 Å². The molecule has 0 radical (unpaired) electrons. The van der Waals surface area contributed by atoms with Crippen LogP contribution in [0.15, 0.2) is 35.6 Å². The van der Waals surface area contributed by atoms with Gasteiger partial charge in [-0.2, -0.15) is 0 Å². The van der Waals surface area contributed by atoms with Crippen LogP contribution in [0.1, 0.15) is 13.3 Å². The molecule has 0 saturated heterocycles. The van der Waals surface area contributed by atoms with Crippen LogP contribution in [0.4, 0.5) is 0 Å². The number of carbonyl (C=O) groups is 2. The van der Waals surface area contributed by atoms with Gasteiger partial charge in [0.25, 0.3) is 0 Å². The Kier molecular flexibility index (Phi) is 3.20. The van der Waals surface area contributed by atoms with Crippen LogP contribution < -0.4 is 5.32 Å². The first-order valence-corrected chi connectivity index (χ1v) is 4.02. The summed E-state index contributed by atoms with van der Waals surface area (Å²) < 4.78 is 0. The molecular weight excluding hydrogens is 166 g/mol. The van der Waals surface area contributed by atoms with Crippen molar-refractivity contribution in [2.24, 2.45) is 0 Å².